The number of ether oxygens (including phenoxy) is 1. The first-order valence-electron chi connectivity index (χ1n) is 9.31. The van der Waals surface area contributed by atoms with Gasteiger partial charge in [0.15, 0.2) is 0 Å². The van der Waals surface area contributed by atoms with E-state index in [0.29, 0.717) is 44.8 Å². The summed E-state index contributed by atoms with van der Waals surface area (Å²) in [6.45, 7) is 1.28. The molecule has 28 heavy (non-hydrogen) atoms. The summed E-state index contributed by atoms with van der Waals surface area (Å²) in [6.07, 6.45) is -2.19. The molecule has 1 unspecified atom stereocenters. The van der Waals surface area contributed by atoms with Gasteiger partial charge >= 0.3 is 6.18 Å². The molecule has 1 aliphatic heterocycles. The van der Waals surface area contributed by atoms with Crippen molar-refractivity contribution in [1.29, 1.82) is 0 Å². The molecule has 2 aliphatic rings. The number of rotatable bonds is 6. The van der Waals surface area contributed by atoms with Crippen LogP contribution in [0.15, 0.2) is 24.3 Å². The maximum absolute atomic E-state index is 13.5. The number of nitrogens with zero attached hydrogens (tertiary/aromatic N) is 1. The van der Waals surface area contributed by atoms with E-state index in [0.717, 1.165) is 12.0 Å². The minimum absolute atomic E-state index is 0. The summed E-state index contributed by atoms with van der Waals surface area (Å²) in [4.78, 5) is 14.3. The van der Waals surface area contributed by atoms with E-state index >= 15 is 0 Å². The minimum atomic E-state index is -4.38. The van der Waals surface area contributed by atoms with Crippen molar-refractivity contribution >= 4 is 18.3 Å². The number of hydrogen-bond donors (Lipinski definition) is 2. The Labute approximate surface area is 169 Å². The van der Waals surface area contributed by atoms with Crippen molar-refractivity contribution in [2.45, 2.75) is 36.9 Å². The fourth-order valence-corrected chi connectivity index (χ4v) is 3.89. The third-order valence-electron chi connectivity index (χ3n) is 5.71. The zero-order valence-electron chi connectivity index (χ0n) is 15.8. The van der Waals surface area contributed by atoms with Gasteiger partial charge in [0, 0.05) is 32.7 Å². The van der Waals surface area contributed by atoms with Gasteiger partial charge in [-0.15, -0.1) is 12.4 Å². The summed E-state index contributed by atoms with van der Waals surface area (Å²) in [5.74, 6) is 0.368. The number of halogens is 4. The second-order valence-electron chi connectivity index (χ2n) is 7.22. The van der Waals surface area contributed by atoms with E-state index in [4.69, 9.17) is 4.74 Å². The van der Waals surface area contributed by atoms with Gasteiger partial charge in [-0.2, -0.15) is 13.2 Å². The first kappa shape index (κ1) is 22.8. The number of carbonyl (C=O) groups excluding carboxylic acids is 1. The first-order chi connectivity index (χ1) is 12.9. The number of hydrogen-bond acceptors (Lipinski definition) is 4. The number of piperazine rings is 1. The highest BCUT2D eigenvalue weighted by atomic mass is 35.5. The van der Waals surface area contributed by atoms with E-state index in [1.807, 2.05) is 12.1 Å². The third-order valence-corrected chi connectivity index (χ3v) is 5.71. The molecule has 1 atom stereocenters. The van der Waals surface area contributed by atoms with Crippen LogP contribution >= 0.6 is 12.4 Å². The summed E-state index contributed by atoms with van der Waals surface area (Å²) >= 11 is 0. The topological polar surface area (TPSA) is 53.6 Å². The number of nitrogens with one attached hydrogen (secondary N) is 2. The van der Waals surface area contributed by atoms with E-state index in [9.17, 15) is 18.0 Å². The summed E-state index contributed by atoms with van der Waals surface area (Å²) < 4.78 is 45.7. The van der Waals surface area contributed by atoms with E-state index in [-0.39, 0.29) is 18.3 Å². The van der Waals surface area contributed by atoms with Crippen LogP contribution in [0.2, 0.25) is 0 Å². The number of benzene rings is 1. The predicted molar refractivity (Wildman–Crippen MR) is 103 cm³/mol. The van der Waals surface area contributed by atoms with Gasteiger partial charge in [0.25, 0.3) is 0 Å². The second-order valence-corrected chi connectivity index (χ2v) is 7.22. The van der Waals surface area contributed by atoms with Crippen molar-refractivity contribution in [3.05, 3.63) is 29.8 Å². The lowest BCUT2D eigenvalue weighted by Crippen LogP contribution is -2.59. The lowest BCUT2D eigenvalue weighted by molar-refractivity contribution is -0.184. The zero-order chi connectivity index (χ0) is 19.5. The van der Waals surface area contributed by atoms with Crippen molar-refractivity contribution in [2.75, 3.05) is 39.8 Å². The lowest BCUT2D eigenvalue weighted by atomic mass is 9.64. The van der Waals surface area contributed by atoms with E-state index in [1.54, 1.807) is 19.2 Å². The van der Waals surface area contributed by atoms with Gasteiger partial charge < -0.3 is 15.4 Å². The zero-order valence-corrected chi connectivity index (χ0v) is 16.7. The van der Waals surface area contributed by atoms with Gasteiger partial charge in [-0.3, -0.25) is 9.69 Å². The molecule has 0 aromatic heterocycles. The smallest absolute Gasteiger partial charge is 0.405 e. The molecule has 9 heteroatoms. The van der Waals surface area contributed by atoms with Gasteiger partial charge in [-0.05, 0) is 30.5 Å². The number of alkyl halides is 3. The van der Waals surface area contributed by atoms with Crippen LogP contribution in [0.25, 0.3) is 0 Å². The van der Waals surface area contributed by atoms with Gasteiger partial charge in [0.05, 0.1) is 12.5 Å². The Morgan fingerprint density at radius 3 is 2.32 bits per heavy atom. The Morgan fingerprint density at radius 1 is 1.25 bits per heavy atom. The Kier molecular flexibility index (Phi) is 7.59. The van der Waals surface area contributed by atoms with Crippen molar-refractivity contribution in [2.24, 2.45) is 0 Å². The maximum atomic E-state index is 13.5. The van der Waals surface area contributed by atoms with E-state index < -0.39 is 24.2 Å². The van der Waals surface area contributed by atoms with Crippen LogP contribution in [-0.2, 0) is 10.2 Å². The molecule has 1 aromatic rings. The molecular formula is C19H27ClF3N3O2. The maximum Gasteiger partial charge on any atom is 0.405 e. The summed E-state index contributed by atoms with van der Waals surface area (Å²) in [6, 6.07) is 5.56. The highest BCUT2D eigenvalue weighted by molar-refractivity contribution is 5.89. The average Bonchev–Trinajstić information content (AvgIpc) is 2.61. The number of carbonyl (C=O) groups is 1. The summed E-state index contributed by atoms with van der Waals surface area (Å²) in [7, 11) is 1.56. The molecule has 1 saturated carbocycles. The van der Waals surface area contributed by atoms with Crippen LogP contribution < -0.4 is 15.4 Å². The van der Waals surface area contributed by atoms with Gasteiger partial charge in [0.1, 0.15) is 11.8 Å². The van der Waals surface area contributed by atoms with Crippen molar-refractivity contribution in [1.82, 2.24) is 15.5 Å². The SMILES string of the molecule is COc1ccc(C2(C(=O)NCC(N3CCNCC3)C(F)(F)F)CCC2)cc1.Cl. The fourth-order valence-electron chi connectivity index (χ4n) is 3.89. The van der Waals surface area contributed by atoms with E-state index in [2.05, 4.69) is 10.6 Å². The molecule has 158 valence electrons. The molecule has 1 saturated heterocycles. The monoisotopic (exact) mass is 421 g/mol. The Balaban J connectivity index is 0.00000280. The quantitative estimate of drug-likeness (QED) is 0.741. The number of methoxy groups -OCH3 is 1. The Hall–Kier alpha value is -1.51. The summed E-state index contributed by atoms with van der Waals surface area (Å²) in [5, 5.41) is 5.66. The number of amides is 1. The second kappa shape index (κ2) is 9.33. The average molecular weight is 422 g/mol. The van der Waals surface area contributed by atoms with Crippen molar-refractivity contribution < 1.29 is 22.7 Å². The molecule has 3 rings (SSSR count). The first-order valence-corrected chi connectivity index (χ1v) is 9.31. The van der Waals surface area contributed by atoms with Crippen LogP contribution in [-0.4, -0.2) is 62.9 Å². The molecular weight excluding hydrogens is 395 g/mol. The Bertz CT molecular complexity index is 645. The summed E-state index contributed by atoms with van der Waals surface area (Å²) in [5.41, 5.74) is 0.101. The van der Waals surface area contributed by atoms with Gasteiger partial charge in [0.2, 0.25) is 5.91 Å². The van der Waals surface area contributed by atoms with Crippen LogP contribution in [0.3, 0.4) is 0 Å². The standard InChI is InChI=1S/C19H26F3N3O2.ClH/c1-27-15-5-3-14(4-6-15)18(7-2-8-18)17(26)24-13-16(19(20,21)22)25-11-9-23-10-12-25;/h3-6,16,23H,2,7-13H2,1H3,(H,24,26);1H. The molecule has 0 radical (unpaired) electrons. The lowest BCUT2D eigenvalue weighted by Gasteiger charge is -2.42. The molecule has 1 amide bonds. The van der Waals surface area contributed by atoms with Crippen LogP contribution in [0.5, 0.6) is 5.75 Å². The van der Waals surface area contributed by atoms with E-state index in [1.165, 1.54) is 4.90 Å². The molecule has 1 aromatic carbocycles. The fraction of sp³-hybridized carbons (Fsp3) is 0.632. The van der Waals surface area contributed by atoms with Crippen LogP contribution in [0.1, 0.15) is 24.8 Å². The highest BCUT2D eigenvalue weighted by Crippen LogP contribution is 2.44. The van der Waals surface area contributed by atoms with Crippen LogP contribution in [0.4, 0.5) is 13.2 Å². The highest BCUT2D eigenvalue weighted by Gasteiger charge is 2.48. The molecule has 2 N–H and O–H groups in total. The predicted octanol–water partition coefficient (Wildman–Crippen LogP) is 2.49. The molecule has 0 bridgehead atoms. The molecule has 1 aliphatic carbocycles. The molecule has 5 nitrogen and oxygen atoms in total. The Morgan fingerprint density at radius 2 is 1.86 bits per heavy atom. The third kappa shape index (κ3) is 4.72. The minimum Gasteiger partial charge on any atom is -0.497 e. The largest absolute Gasteiger partial charge is 0.497 e. The van der Waals surface area contributed by atoms with Crippen molar-refractivity contribution in [3.63, 3.8) is 0 Å². The normalized spacial score (nSPS) is 20.4. The van der Waals surface area contributed by atoms with Gasteiger partial charge in [-0.25, -0.2) is 0 Å². The molecule has 0 spiro atoms. The van der Waals surface area contributed by atoms with Crippen LogP contribution in [0, 0.1) is 0 Å². The molecule has 1 heterocycles. The molecule has 2 fully saturated rings. The van der Waals surface area contributed by atoms with Gasteiger partial charge in [-0.1, -0.05) is 18.6 Å². The van der Waals surface area contributed by atoms with Crippen molar-refractivity contribution in [3.8, 4) is 5.75 Å².